The molecule has 1 aliphatic rings. The zero-order chi connectivity index (χ0) is 18.7. The quantitative estimate of drug-likeness (QED) is 0.815. The van der Waals surface area contributed by atoms with Crippen LogP contribution in [0.25, 0.3) is 5.70 Å². The fourth-order valence-electron chi connectivity index (χ4n) is 3.01. The van der Waals surface area contributed by atoms with E-state index in [9.17, 15) is 9.59 Å². The molecule has 0 spiro atoms. The number of hydrogen-bond donors (Lipinski definition) is 1. The monoisotopic (exact) mass is 350 g/mol. The van der Waals surface area contributed by atoms with Crippen molar-refractivity contribution in [2.75, 3.05) is 19.7 Å². The third kappa shape index (κ3) is 3.61. The van der Waals surface area contributed by atoms with Crippen molar-refractivity contribution in [2.24, 2.45) is 0 Å². The van der Waals surface area contributed by atoms with Gasteiger partial charge in [0.05, 0.1) is 6.54 Å². The summed E-state index contributed by atoms with van der Waals surface area (Å²) in [5.41, 5.74) is 4.17. The number of rotatable bonds is 6. The lowest BCUT2D eigenvalue weighted by atomic mass is 10.1. The standard InChI is InChI=1S/C21H22N2O3/c1-14-8-9-19(15(2)12-14)26-11-10-22-20(24)13-23-16(3)17-6-4-5-7-18(17)21(23)25/h4-9,12H,3,10-11,13H2,1-2H3,(H,22,24). The summed E-state index contributed by atoms with van der Waals surface area (Å²) >= 11 is 0. The molecule has 5 heteroatoms. The van der Waals surface area contributed by atoms with E-state index in [2.05, 4.69) is 18.0 Å². The summed E-state index contributed by atoms with van der Waals surface area (Å²) in [7, 11) is 0. The van der Waals surface area contributed by atoms with E-state index in [1.807, 2.05) is 38.1 Å². The zero-order valence-corrected chi connectivity index (χ0v) is 15.0. The summed E-state index contributed by atoms with van der Waals surface area (Å²) in [6.45, 7) is 8.64. The van der Waals surface area contributed by atoms with Crippen LogP contribution in [0.1, 0.15) is 27.0 Å². The smallest absolute Gasteiger partial charge is 0.259 e. The summed E-state index contributed by atoms with van der Waals surface area (Å²) in [4.78, 5) is 26.0. The maximum atomic E-state index is 12.4. The van der Waals surface area contributed by atoms with Crippen molar-refractivity contribution in [1.82, 2.24) is 10.2 Å². The number of fused-ring (bicyclic) bond motifs is 1. The van der Waals surface area contributed by atoms with Crippen LogP contribution in [0.15, 0.2) is 49.0 Å². The van der Waals surface area contributed by atoms with Gasteiger partial charge in [-0.25, -0.2) is 0 Å². The van der Waals surface area contributed by atoms with Crippen molar-refractivity contribution in [1.29, 1.82) is 0 Å². The van der Waals surface area contributed by atoms with Crippen LogP contribution in [-0.2, 0) is 4.79 Å². The van der Waals surface area contributed by atoms with Crippen molar-refractivity contribution in [2.45, 2.75) is 13.8 Å². The predicted molar refractivity (Wildman–Crippen MR) is 101 cm³/mol. The molecule has 0 bridgehead atoms. The van der Waals surface area contributed by atoms with Gasteiger partial charge in [-0.05, 0) is 31.5 Å². The number of hydrogen-bond acceptors (Lipinski definition) is 3. The fourth-order valence-corrected chi connectivity index (χ4v) is 3.01. The van der Waals surface area contributed by atoms with E-state index in [4.69, 9.17) is 4.74 Å². The molecule has 2 amide bonds. The van der Waals surface area contributed by atoms with Gasteiger partial charge in [-0.2, -0.15) is 0 Å². The van der Waals surface area contributed by atoms with Crippen LogP contribution in [0, 0.1) is 13.8 Å². The highest BCUT2D eigenvalue weighted by molar-refractivity contribution is 6.10. The van der Waals surface area contributed by atoms with Crippen molar-refractivity contribution in [3.63, 3.8) is 0 Å². The van der Waals surface area contributed by atoms with Gasteiger partial charge in [0.2, 0.25) is 5.91 Å². The van der Waals surface area contributed by atoms with E-state index in [0.29, 0.717) is 24.4 Å². The van der Waals surface area contributed by atoms with Gasteiger partial charge in [-0.3, -0.25) is 14.5 Å². The molecule has 0 aliphatic carbocycles. The predicted octanol–water partition coefficient (Wildman–Crippen LogP) is 2.93. The molecular weight excluding hydrogens is 328 g/mol. The van der Waals surface area contributed by atoms with Gasteiger partial charge in [0.1, 0.15) is 18.9 Å². The lowest BCUT2D eigenvalue weighted by molar-refractivity contribution is -0.121. The Labute approximate surface area is 153 Å². The zero-order valence-electron chi connectivity index (χ0n) is 15.0. The van der Waals surface area contributed by atoms with Crippen LogP contribution in [0.2, 0.25) is 0 Å². The second-order valence-corrected chi connectivity index (χ2v) is 6.35. The summed E-state index contributed by atoms with van der Waals surface area (Å²) in [5.74, 6) is 0.382. The van der Waals surface area contributed by atoms with Crippen LogP contribution in [-0.4, -0.2) is 36.4 Å². The minimum atomic E-state index is -0.239. The Bertz CT molecular complexity index is 838. The van der Waals surface area contributed by atoms with Crippen LogP contribution >= 0.6 is 0 Å². The summed E-state index contributed by atoms with van der Waals surface area (Å²) in [6.07, 6.45) is 0. The molecule has 0 saturated heterocycles. The molecule has 1 N–H and O–H groups in total. The van der Waals surface area contributed by atoms with Crippen molar-refractivity contribution < 1.29 is 14.3 Å². The largest absolute Gasteiger partial charge is 0.491 e. The Balaban J connectivity index is 1.48. The Morgan fingerprint density at radius 1 is 1.15 bits per heavy atom. The van der Waals surface area contributed by atoms with E-state index in [1.54, 1.807) is 12.1 Å². The minimum Gasteiger partial charge on any atom is -0.491 e. The summed E-state index contributed by atoms with van der Waals surface area (Å²) in [5, 5.41) is 2.78. The third-order valence-electron chi connectivity index (χ3n) is 4.35. The van der Waals surface area contributed by atoms with Gasteiger partial charge in [0, 0.05) is 16.8 Å². The Morgan fingerprint density at radius 3 is 2.58 bits per heavy atom. The van der Waals surface area contributed by atoms with Gasteiger partial charge in [-0.15, -0.1) is 0 Å². The molecule has 0 atom stereocenters. The number of nitrogens with one attached hydrogen (secondary N) is 1. The summed E-state index contributed by atoms with van der Waals surface area (Å²) in [6, 6.07) is 13.2. The number of ether oxygens (including phenoxy) is 1. The number of benzene rings is 2. The van der Waals surface area contributed by atoms with Gasteiger partial charge in [-0.1, -0.05) is 42.5 Å². The van der Waals surface area contributed by atoms with Crippen LogP contribution in [0.3, 0.4) is 0 Å². The maximum Gasteiger partial charge on any atom is 0.259 e. The van der Waals surface area contributed by atoms with Gasteiger partial charge < -0.3 is 10.1 Å². The molecule has 0 unspecified atom stereocenters. The average molecular weight is 350 g/mol. The SMILES string of the molecule is C=C1c2ccccc2C(=O)N1CC(=O)NCCOc1ccc(C)cc1C. The molecule has 0 radical (unpaired) electrons. The number of amides is 2. The molecule has 26 heavy (non-hydrogen) atoms. The first-order valence-electron chi connectivity index (χ1n) is 8.54. The minimum absolute atomic E-state index is 0.0457. The van der Waals surface area contributed by atoms with E-state index in [-0.39, 0.29) is 18.4 Å². The number of nitrogens with zero attached hydrogens (tertiary/aromatic N) is 1. The summed E-state index contributed by atoms with van der Waals surface area (Å²) < 4.78 is 5.69. The lowest BCUT2D eigenvalue weighted by Gasteiger charge is -2.17. The van der Waals surface area contributed by atoms with Crippen LogP contribution < -0.4 is 10.1 Å². The van der Waals surface area contributed by atoms with Gasteiger partial charge in [0.15, 0.2) is 0 Å². The number of carbonyl (C=O) groups excluding carboxylic acids is 2. The first-order chi connectivity index (χ1) is 12.5. The molecule has 0 aromatic heterocycles. The normalized spacial score (nSPS) is 12.9. The highest BCUT2D eigenvalue weighted by atomic mass is 16.5. The average Bonchev–Trinajstić information content (AvgIpc) is 2.85. The lowest BCUT2D eigenvalue weighted by Crippen LogP contribution is -2.38. The molecule has 134 valence electrons. The van der Waals surface area contributed by atoms with E-state index in [0.717, 1.165) is 16.9 Å². The second-order valence-electron chi connectivity index (χ2n) is 6.35. The van der Waals surface area contributed by atoms with Crippen LogP contribution in [0.5, 0.6) is 5.75 Å². The van der Waals surface area contributed by atoms with E-state index < -0.39 is 0 Å². The third-order valence-corrected chi connectivity index (χ3v) is 4.35. The molecule has 0 saturated carbocycles. The van der Waals surface area contributed by atoms with Crippen molar-refractivity contribution >= 4 is 17.5 Å². The number of aryl methyl sites for hydroxylation is 2. The first-order valence-corrected chi connectivity index (χ1v) is 8.54. The molecule has 2 aromatic carbocycles. The molecule has 3 rings (SSSR count). The van der Waals surface area contributed by atoms with Crippen molar-refractivity contribution in [3.8, 4) is 5.75 Å². The van der Waals surface area contributed by atoms with E-state index in [1.165, 1.54) is 10.5 Å². The molecular formula is C21H22N2O3. The Hall–Kier alpha value is -3.08. The fraction of sp³-hybridized carbons (Fsp3) is 0.238. The number of carbonyl (C=O) groups is 2. The first kappa shape index (κ1) is 17.7. The Morgan fingerprint density at radius 2 is 1.88 bits per heavy atom. The van der Waals surface area contributed by atoms with Crippen molar-refractivity contribution in [3.05, 3.63) is 71.3 Å². The van der Waals surface area contributed by atoms with Gasteiger partial charge in [0.25, 0.3) is 5.91 Å². The Kier molecular flexibility index (Phi) is 5.07. The maximum absolute atomic E-state index is 12.4. The second kappa shape index (κ2) is 7.44. The van der Waals surface area contributed by atoms with Crippen LogP contribution in [0.4, 0.5) is 0 Å². The molecule has 1 aliphatic heterocycles. The molecule has 2 aromatic rings. The van der Waals surface area contributed by atoms with E-state index >= 15 is 0 Å². The topological polar surface area (TPSA) is 58.6 Å². The molecule has 5 nitrogen and oxygen atoms in total. The highest BCUT2D eigenvalue weighted by Crippen LogP contribution is 2.30. The van der Waals surface area contributed by atoms with Gasteiger partial charge >= 0.3 is 0 Å². The molecule has 1 heterocycles. The highest BCUT2D eigenvalue weighted by Gasteiger charge is 2.31. The molecule has 0 fully saturated rings.